The van der Waals surface area contributed by atoms with Gasteiger partial charge in [0.2, 0.25) is 21.8 Å². The molecule has 13 heteroatoms. The van der Waals surface area contributed by atoms with E-state index in [-0.39, 0.29) is 36.6 Å². The molecular weight excluding hydrogens is 548 g/mol. The van der Waals surface area contributed by atoms with Gasteiger partial charge in [0.1, 0.15) is 12.6 Å². The van der Waals surface area contributed by atoms with E-state index in [0.29, 0.717) is 30.2 Å². The number of guanidine groups is 1. The summed E-state index contributed by atoms with van der Waals surface area (Å²) in [6, 6.07) is 9.97. The summed E-state index contributed by atoms with van der Waals surface area (Å²) in [5.74, 6) is -2.40. The van der Waals surface area contributed by atoms with Crippen LogP contribution in [0.25, 0.3) is 10.8 Å². The van der Waals surface area contributed by atoms with Crippen molar-refractivity contribution in [2.75, 3.05) is 32.8 Å². The number of nitrogens with two attached hydrogens (primary N) is 1. The molecule has 12 nitrogen and oxygen atoms in total. The summed E-state index contributed by atoms with van der Waals surface area (Å²) in [7, 11) is -4.31. The molecule has 2 aromatic rings. The average Bonchev–Trinajstić information content (AvgIpc) is 3.79. The predicted molar refractivity (Wildman–Crippen MR) is 153 cm³/mol. The van der Waals surface area contributed by atoms with Crippen molar-refractivity contribution in [3.8, 4) is 0 Å². The lowest BCUT2D eigenvalue weighted by molar-refractivity contribution is -0.150. The van der Waals surface area contributed by atoms with Crippen LogP contribution in [0.1, 0.15) is 39.0 Å². The normalized spacial score (nSPS) is 17.9. The Balaban J connectivity index is 1.64. The number of benzene rings is 2. The van der Waals surface area contributed by atoms with Gasteiger partial charge in [-0.3, -0.25) is 24.7 Å². The molecule has 1 saturated carbocycles. The standard InChI is InChI=1S/C28H38N6O6S/c1-2-40-26(36)18-33(21-12-13-21)27(37)23(15-25(35)34(28(29)30)17-19-7-6-14-31-16-19)32-41(38,39)24-11-5-9-20-8-3-4-10-22(20)24/h3-5,8-11,19,21,23,31-32H,2,6-7,12-18H2,1H3,(H3,29,30)/t19-,23-/m0/s1. The van der Waals surface area contributed by atoms with E-state index in [1.807, 2.05) is 0 Å². The van der Waals surface area contributed by atoms with Gasteiger partial charge in [-0.05, 0) is 63.1 Å². The van der Waals surface area contributed by atoms with Crippen LogP contribution >= 0.6 is 0 Å². The number of fused-ring (bicyclic) bond motifs is 1. The maximum absolute atomic E-state index is 13.9. The number of amides is 2. The summed E-state index contributed by atoms with van der Waals surface area (Å²) in [5, 5.41) is 12.4. The number of hydrogen-bond acceptors (Lipinski definition) is 8. The maximum Gasteiger partial charge on any atom is 0.325 e. The Bertz CT molecular complexity index is 1380. The van der Waals surface area contributed by atoms with Gasteiger partial charge in [-0.1, -0.05) is 36.4 Å². The van der Waals surface area contributed by atoms with Crippen molar-refractivity contribution in [3.63, 3.8) is 0 Å². The minimum Gasteiger partial charge on any atom is -0.465 e. The Labute approximate surface area is 240 Å². The molecule has 0 aromatic heterocycles. The molecule has 1 saturated heterocycles. The van der Waals surface area contributed by atoms with Crippen molar-refractivity contribution in [2.24, 2.45) is 11.7 Å². The lowest BCUT2D eigenvalue weighted by atomic mass is 9.99. The number of carbonyl (C=O) groups excluding carboxylic acids is 3. The van der Waals surface area contributed by atoms with Gasteiger partial charge in [0, 0.05) is 18.0 Å². The van der Waals surface area contributed by atoms with Crippen molar-refractivity contribution >= 4 is 44.5 Å². The predicted octanol–water partition coefficient (Wildman–Crippen LogP) is 1.15. The van der Waals surface area contributed by atoms with Crippen LogP contribution in [0.15, 0.2) is 47.4 Å². The Morgan fingerprint density at radius 2 is 1.88 bits per heavy atom. The van der Waals surface area contributed by atoms with Crippen molar-refractivity contribution in [1.82, 2.24) is 19.8 Å². The third-order valence-electron chi connectivity index (χ3n) is 7.32. The Kier molecular flexibility index (Phi) is 9.94. The van der Waals surface area contributed by atoms with Gasteiger partial charge in [-0.2, -0.15) is 4.72 Å². The molecule has 0 radical (unpaired) electrons. The first-order valence-electron chi connectivity index (χ1n) is 13.9. The zero-order valence-electron chi connectivity index (χ0n) is 23.2. The Morgan fingerprint density at radius 1 is 1.15 bits per heavy atom. The minimum absolute atomic E-state index is 0.0408. The molecule has 2 fully saturated rings. The highest BCUT2D eigenvalue weighted by molar-refractivity contribution is 7.89. The van der Waals surface area contributed by atoms with E-state index in [1.165, 1.54) is 11.0 Å². The van der Waals surface area contributed by atoms with Crippen LogP contribution in [-0.4, -0.2) is 86.8 Å². The number of nitrogens with zero attached hydrogens (tertiary/aromatic N) is 2. The van der Waals surface area contributed by atoms with Crippen molar-refractivity contribution in [3.05, 3.63) is 42.5 Å². The van der Waals surface area contributed by atoms with Gasteiger partial charge in [0.25, 0.3) is 0 Å². The second-order valence-corrected chi connectivity index (χ2v) is 12.1. The van der Waals surface area contributed by atoms with Gasteiger partial charge in [-0.15, -0.1) is 0 Å². The number of esters is 1. The van der Waals surface area contributed by atoms with Crippen LogP contribution in [-0.2, 0) is 29.1 Å². The van der Waals surface area contributed by atoms with Crippen LogP contribution in [0.2, 0.25) is 0 Å². The molecule has 0 bridgehead atoms. The van der Waals surface area contributed by atoms with Gasteiger partial charge >= 0.3 is 5.97 Å². The molecule has 2 amide bonds. The second-order valence-electron chi connectivity index (χ2n) is 10.5. The van der Waals surface area contributed by atoms with Crippen LogP contribution in [0.3, 0.4) is 0 Å². The fourth-order valence-corrected chi connectivity index (χ4v) is 6.56. The number of hydrogen-bond donors (Lipinski definition) is 4. The Morgan fingerprint density at radius 3 is 2.54 bits per heavy atom. The Hall–Kier alpha value is -3.55. The number of ether oxygens (including phenoxy) is 1. The summed E-state index contributed by atoms with van der Waals surface area (Å²) in [6.07, 6.45) is 2.48. The minimum atomic E-state index is -4.31. The highest BCUT2D eigenvalue weighted by Gasteiger charge is 2.40. The van der Waals surface area contributed by atoms with Gasteiger partial charge < -0.3 is 20.7 Å². The van der Waals surface area contributed by atoms with Crippen molar-refractivity contribution in [1.29, 1.82) is 5.41 Å². The molecule has 0 unspecified atom stereocenters. The molecule has 41 heavy (non-hydrogen) atoms. The molecule has 2 aliphatic rings. The summed E-state index contributed by atoms with van der Waals surface area (Å²) >= 11 is 0. The zero-order chi connectivity index (χ0) is 29.6. The van der Waals surface area contributed by atoms with Crippen LogP contribution in [0, 0.1) is 11.3 Å². The van der Waals surface area contributed by atoms with Crippen molar-refractivity contribution < 1.29 is 27.5 Å². The van der Waals surface area contributed by atoms with Gasteiger partial charge in [0.15, 0.2) is 5.96 Å². The van der Waals surface area contributed by atoms with E-state index in [4.69, 9.17) is 15.9 Å². The van der Waals surface area contributed by atoms with E-state index in [1.54, 1.807) is 43.3 Å². The van der Waals surface area contributed by atoms with Crippen molar-refractivity contribution in [2.45, 2.75) is 56.0 Å². The van der Waals surface area contributed by atoms with Crippen LogP contribution in [0.4, 0.5) is 0 Å². The van der Waals surface area contributed by atoms with Crippen LogP contribution in [0.5, 0.6) is 0 Å². The first-order chi connectivity index (χ1) is 19.6. The molecular formula is C28H38N6O6S. The van der Waals surface area contributed by atoms with E-state index in [0.717, 1.165) is 24.3 Å². The number of rotatable bonds is 12. The number of carbonyl (C=O) groups is 3. The lowest BCUT2D eigenvalue weighted by Crippen LogP contribution is -2.54. The maximum atomic E-state index is 13.9. The molecule has 222 valence electrons. The van der Waals surface area contributed by atoms with Gasteiger partial charge in [0.05, 0.1) is 17.9 Å². The second kappa shape index (κ2) is 13.4. The largest absolute Gasteiger partial charge is 0.465 e. The molecule has 0 spiro atoms. The van der Waals surface area contributed by atoms with E-state index in [2.05, 4.69) is 10.0 Å². The number of nitrogens with one attached hydrogen (secondary N) is 3. The molecule has 1 aliphatic carbocycles. The van der Waals surface area contributed by atoms with Crippen LogP contribution < -0.4 is 15.8 Å². The van der Waals surface area contributed by atoms with Gasteiger partial charge in [-0.25, -0.2) is 8.42 Å². The fraction of sp³-hybridized carbons (Fsp3) is 0.500. The highest BCUT2D eigenvalue weighted by Crippen LogP contribution is 2.29. The monoisotopic (exact) mass is 586 g/mol. The molecule has 1 aliphatic heterocycles. The van der Waals surface area contributed by atoms with E-state index in [9.17, 15) is 22.8 Å². The molecule has 1 heterocycles. The van der Waals surface area contributed by atoms with E-state index < -0.39 is 46.2 Å². The topological polar surface area (TPSA) is 175 Å². The molecule has 2 atom stereocenters. The first-order valence-corrected chi connectivity index (χ1v) is 15.4. The summed E-state index contributed by atoms with van der Waals surface area (Å²) in [6.45, 7) is 3.12. The summed E-state index contributed by atoms with van der Waals surface area (Å²) in [4.78, 5) is 42.1. The third kappa shape index (κ3) is 7.80. The summed E-state index contributed by atoms with van der Waals surface area (Å²) < 4.78 is 34.9. The zero-order valence-corrected chi connectivity index (χ0v) is 24.0. The highest BCUT2D eigenvalue weighted by atomic mass is 32.2. The molecule has 2 aromatic carbocycles. The number of sulfonamides is 1. The fourth-order valence-electron chi connectivity index (χ4n) is 5.14. The third-order valence-corrected chi connectivity index (χ3v) is 8.85. The summed E-state index contributed by atoms with van der Waals surface area (Å²) in [5.41, 5.74) is 5.78. The molecule has 4 rings (SSSR count). The first kappa shape index (κ1) is 30.4. The van der Waals surface area contributed by atoms with E-state index >= 15 is 0 Å². The lowest BCUT2D eigenvalue weighted by Gasteiger charge is -2.31. The average molecular weight is 587 g/mol. The quantitative estimate of drug-likeness (QED) is 0.163. The smallest absolute Gasteiger partial charge is 0.325 e. The molecule has 5 N–H and O–H groups in total. The number of piperidine rings is 1. The SMILES string of the molecule is CCOC(=O)CN(C(=O)[C@H](CC(=O)N(C[C@H]1CCCNC1)C(=N)N)NS(=O)(=O)c1cccc2ccccc12)C1CC1.